The van der Waals surface area contributed by atoms with Crippen LogP contribution in [0.3, 0.4) is 0 Å². The highest BCUT2D eigenvalue weighted by Crippen LogP contribution is 2.11. The molecular formula is C9H16N4. The average Bonchev–Trinajstić information content (AvgIpc) is 2.53. The highest BCUT2D eigenvalue weighted by molar-refractivity contribution is 4.77. The van der Waals surface area contributed by atoms with Crippen molar-refractivity contribution in [1.82, 2.24) is 20.1 Å². The van der Waals surface area contributed by atoms with Gasteiger partial charge in [-0.2, -0.15) is 5.10 Å². The van der Waals surface area contributed by atoms with Crippen LogP contribution in [0.25, 0.3) is 0 Å². The molecule has 0 saturated carbocycles. The number of aromatic nitrogens is 3. The van der Waals surface area contributed by atoms with Crippen LogP contribution in [0.5, 0.6) is 0 Å². The van der Waals surface area contributed by atoms with Gasteiger partial charge >= 0.3 is 0 Å². The number of hydrogen-bond donors (Lipinski definition) is 1. The number of rotatable bonds is 2. The topological polar surface area (TPSA) is 42.7 Å². The van der Waals surface area contributed by atoms with Crippen LogP contribution in [0, 0.1) is 12.8 Å². The van der Waals surface area contributed by atoms with Crippen LogP contribution >= 0.6 is 0 Å². The number of piperidine rings is 1. The van der Waals surface area contributed by atoms with E-state index in [0.717, 1.165) is 24.8 Å². The minimum absolute atomic E-state index is 0.731. The molecule has 0 aromatic carbocycles. The van der Waals surface area contributed by atoms with Crippen LogP contribution in [-0.4, -0.2) is 27.9 Å². The molecule has 1 N–H and O–H groups in total. The maximum absolute atomic E-state index is 4.28. The van der Waals surface area contributed by atoms with Crippen molar-refractivity contribution in [3.63, 3.8) is 0 Å². The number of aryl methyl sites for hydroxylation is 1. The number of nitrogens with zero attached hydrogens (tertiary/aromatic N) is 3. The Morgan fingerprint density at radius 2 is 2.62 bits per heavy atom. The van der Waals surface area contributed by atoms with Crippen molar-refractivity contribution >= 4 is 0 Å². The smallest absolute Gasteiger partial charge is 0.147 e. The Hall–Kier alpha value is -0.900. The number of hydrogen-bond acceptors (Lipinski definition) is 3. The molecule has 1 aliphatic heterocycles. The Morgan fingerprint density at radius 1 is 1.69 bits per heavy atom. The van der Waals surface area contributed by atoms with Crippen LogP contribution in [0.15, 0.2) is 6.33 Å². The predicted octanol–water partition coefficient (Wildman–Crippen LogP) is 0.586. The van der Waals surface area contributed by atoms with E-state index in [1.807, 2.05) is 17.9 Å². The van der Waals surface area contributed by atoms with E-state index >= 15 is 0 Å². The van der Waals surface area contributed by atoms with E-state index in [1.54, 1.807) is 0 Å². The van der Waals surface area contributed by atoms with Gasteiger partial charge in [-0.05, 0) is 38.8 Å². The van der Waals surface area contributed by atoms with Gasteiger partial charge in [0.05, 0.1) is 0 Å². The highest BCUT2D eigenvalue weighted by atomic mass is 15.3. The van der Waals surface area contributed by atoms with Crippen molar-refractivity contribution in [3.8, 4) is 0 Å². The van der Waals surface area contributed by atoms with E-state index in [9.17, 15) is 0 Å². The molecule has 1 aromatic heterocycles. The molecule has 4 nitrogen and oxygen atoms in total. The van der Waals surface area contributed by atoms with E-state index in [-0.39, 0.29) is 0 Å². The molecule has 13 heavy (non-hydrogen) atoms. The van der Waals surface area contributed by atoms with E-state index < -0.39 is 0 Å². The lowest BCUT2D eigenvalue weighted by Crippen LogP contribution is -2.32. The van der Waals surface area contributed by atoms with Gasteiger partial charge in [-0.15, -0.1) is 0 Å². The monoisotopic (exact) mass is 180 g/mol. The summed E-state index contributed by atoms with van der Waals surface area (Å²) in [5, 5.41) is 7.68. The Morgan fingerprint density at radius 3 is 3.23 bits per heavy atom. The molecule has 72 valence electrons. The lowest BCUT2D eigenvalue weighted by molar-refractivity contribution is 0.324. The van der Waals surface area contributed by atoms with Crippen molar-refractivity contribution in [1.29, 1.82) is 0 Å². The maximum atomic E-state index is 4.28. The third-order valence-electron chi connectivity index (χ3n) is 2.50. The molecule has 4 heteroatoms. The van der Waals surface area contributed by atoms with Crippen molar-refractivity contribution in [2.24, 2.45) is 5.92 Å². The average molecular weight is 180 g/mol. The Labute approximate surface area is 78.4 Å². The van der Waals surface area contributed by atoms with E-state index in [4.69, 9.17) is 0 Å². The SMILES string of the molecule is Cc1ncn(CC2CCCNC2)n1. The minimum atomic E-state index is 0.731. The Bertz CT molecular complexity index is 262. The van der Waals surface area contributed by atoms with Gasteiger partial charge in [0.15, 0.2) is 0 Å². The van der Waals surface area contributed by atoms with Gasteiger partial charge in [-0.3, -0.25) is 4.68 Å². The fraction of sp³-hybridized carbons (Fsp3) is 0.778. The highest BCUT2D eigenvalue weighted by Gasteiger charge is 2.13. The fourth-order valence-electron chi connectivity index (χ4n) is 1.82. The molecule has 0 aliphatic carbocycles. The zero-order chi connectivity index (χ0) is 9.10. The standard InChI is InChI=1S/C9H16N4/c1-8-11-7-13(12-8)6-9-3-2-4-10-5-9/h7,9-10H,2-6H2,1H3. The zero-order valence-electron chi connectivity index (χ0n) is 8.03. The third-order valence-corrected chi connectivity index (χ3v) is 2.50. The molecule has 2 heterocycles. The first-order chi connectivity index (χ1) is 6.34. The summed E-state index contributed by atoms with van der Waals surface area (Å²) in [5.74, 6) is 1.60. The fourth-order valence-corrected chi connectivity index (χ4v) is 1.82. The molecule has 0 amide bonds. The maximum Gasteiger partial charge on any atom is 0.147 e. The van der Waals surface area contributed by atoms with Crippen molar-refractivity contribution in [2.45, 2.75) is 26.3 Å². The van der Waals surface area contributed by atoms with Gasteiger partial charge in [-0.1, -0.05) is 0 Å². The van der Waals surface area contributed by atoms with Gasteiger partial charge in [0.25, 0.3) is 0 Å². The first-order valence-corrected chi connectivity index (χ1v) is 4.91. The zero-order valence-corrected chi connectivity index (χ0v) is 8.03. The van der Waals surface area contributed by atoms with Crippen LogP contribution in [-0.2, 0) is 6.54 Å². The molecular weight excluding hydrogens is 164 g/mol. The summed E-state index contributed by atoms with van der Waals surface area (Å²) in [6.07, 6.45) is 4.42. The van der Waals surface area contributed by atoms with Crippen LogP contribution < -0.4 is 5.32 Å². The van der Waals surface area contributed by atoms with Gasteiger partial charge in [-0.25, -0.2) is 4.98 Å². The van der Waals surface area contributed by atoms with E-state index in [0.29, 0.717) is 0 Å². The Kier molecular flexibility index (Phi) is 2.59. The van der Waals surface area contributed by atoms with Crippen LogP contribution in [0.4, 0.5) is 0 Å². The summed E-state index contributed by atoms with van der Waals surface area (Å²) in [6.45, 7) is 5.23. The van der Waals surface area contributed by atoms with Crippen molar-refractivity contribution < 1.29 is 0 Å². The molecule has 2 rings (SSSR count). The Balaban J connectivity index is 1.89. The summed E-state index contributed by atoms with van der Waals surface area (Å²) in [6, 6.07) is 0. The lowest BCUT2D eigenvalue weighted by atomic mass is 10.00. The van der Waals surface area contributed by atoms with Crippen LogP contribution in [0.1, 0.15) is 18.7 Å². The lowest BCUT2D eigenvalue weighted by Gasteiger charge is -2.22. The quantitative estimate of drug-likeness (QED) is 0.724. The number of nitrogens with one attached hydrogen (secondary N) is 1. The first-order valence-electron chi connectivity index (χ1n) is 4.91. The molecule has 0 radical (unpaired) electrons. The summed E-state index contributed by atoms with van der Waals surface area (Å²) in [7, 11) is 0. The second-order valence-corrected chi connectivity index (χ2v) is 3.73. The summed E-state index contributed by atoms with van der Waals surface area (Å²) in [5.41, 5.74) is 0. The second-order valence-electron chi connectivity index (χ2n) is 3.73. The molecule has 0 bridgehead atoms. The summed E-state index contributed by atoms with van der Waals surface area (Å²) >= 11 is 0. The van der Waals surface area contributed by atoms with E-state index in [2.05, 4.69) is 15.4 Å². The van der Waals surface area contributed by atoms with Crippen LogP contribution in [0.2, 0.25) is 0 Å². The predicted molar refractivity (Wildman–Crippen MR) is 50.4 cm³/mol. The third kappa shape index (κ3) is 2.28. The first kappa shape index (κ1) is 8.69. The van der Waals surface area contributed by atoms with Gasteiger partial charge in [0.1, 0.15) is 12.2 Å². The molecule has 1 unspecified atom stereocenters. The molecule has 1 fully saturated rings. The minimum Gasteiger partial charge on any atom is -0.316 e. The molecule has 1 aromatic rings. The van der Waals surface area contributed by atoms with E-state index in [1.165, 1.54) is 19.4 Å². The molecule has 1 atom stereocenters. The van der Waals surface area contributed by atoms with Gasteiger partial charge in [0.2, 0.25) is 0 Å². The summed E-state index contributed by atoms with van der Waals surface area (Å²) < 4.78 is 1.95. The van der Waals surface area contributed by atoms with Crippen molar-refractivity contribution in [3.05, 3.63) is 12.2 Å². The van der Waals surface area contributed by atoms with Crippen molar-refractivity contribution in [2.75, 3.05) is 13.1 Å². The van der Waals surface area contributed by atoms with Gasteiger partial charge < -0.3 is 5.32 Å². The molecule has 1 aliphatic rings. The largest absolute Gasteiger partial charge is 0.316 e. The summed E-state index contributed by atoms with van der Waals surface area (Å²) in [4.78, 5) is 4.11. The molecule has 0 spiro atoms. The van der Waals surface area contributed by atoms with Gasteiger partial charge in [0, 0.05) is 6.54 Å². The second kappa shape index (κ2) is 3.87. The molecule has 1 saturated heterocycles. The normalized spacial score (nSPS) is 23.3.